The second-order valence-electron chi connectivity index (χ2n) is 7.58. The second-order valence-corrected chi connectivity index (χ2v) is 8.93. The first-order valence-corrected chi connectivity index (χ1v) is 11.8. The Morgan fingerprint density at radius 2 is 1.77 bits per heavy atom. The number of hydrogen-bond donors (Lipinski definition) is 2. The minimum absolute atomic E-state index is 0.00892. The van der Waals surface area contributed by atoms with Crippen molar-refractivity contribution in [2.24, 2.45) is 0 Å². The Bertz CT molecular complexity index is 1290. The lowest BCUT2D eigenvalue weighted by molar-refractivity contribution is -0.385. The molecule has 0 spiro atoms. The minimum atomic E-state index is -0.497. The number of halogens is 1. The van der Waals surface area contributed by atoms with Crippen LogP contribution in [-0.4, -0.2) is 37.3 Å². The van der Waals surface area contributed by atoms with Crippen molar-refractivity contribution < 1.29 is 14.5 Å². The topological polar surface area (TPSA) is 132 Å². The van der Waals surface area contributed by atoms with Crippen molar-refractivity contribution in [2.45, 2.75) is 32.0 Å². The van der Waals surface area contributed by atoms with Gasteiger partial charge in [-0.25, -0.2) is 0 Å². The minimum Gasteiger partial charge on any atom is -0.326 e. The van der Waals surface area contributed by atoms with E-state index in [0.717, 1.165) is 17.3 Å². The van der Waals surface area contributed by atoms with Gasteiger partial charge in [0.1, 0.15) is 5.82 Å². The molecule has 2 aromatic carbocycles. The van der Waals surface area contributed by atoms with Gasteiger partial charge in [-0.05, 0) is 37.6 Å². The zero-order chi connectivity index (χ0) is 25.5. The lowest BCUT2D eigenvalue weighted by Gasteiger charge is -2.09. The first kappa shape index (κ1) is 25.9. The summed E-state index contributed by atoms with van der Waals surface area (Å²) in [7, 11) is 0. The molecule has 0 bridgehead atoms. The molecule has 0 saturated heterocycles. The fraction of sp³-hybridized carbons (Fsp3) is 0.217. The molecular formula is C23H23ClN6O4S. The molecule has 182 valence electrons. The molecule has 0 unspecified atom stereocenters. The Morgan fingerprint density at radius 3 is 2.43 bits per heavy atom. The van der Waals surface area contributed by atoms with Crippen LogP contribution >= 0.6 is 23.4 Å². The summed E-state index contributed by atoms with van der Waals surface area (Å²) < 4.78 is 1.70. The first-order valence-electron chi connectivity index (χ1n) is 10.4. The highest BCUT2D eigenvalue weighted by Crippen LogP contribution is 2.24. The van der Waals surface area contributed by atoms with E-state index in [4.69, 9.17) is 11.6 Å². The monoisotopic (exact) mass is 514 g/mol. The Balaban J connectivity index is 1.63. The highest BCUT2D eigenvalue weighted by atomic mass is 35.5. The number of anilines is 2. The quantitative estimate of drug-likeness (QED) is 0.175. The average Bonchev–Trinajstić information content (AvgIpc) is 3.17. The number of nitro groups is 1. The maximum atomic E-state index is 12.5. The summed E-state index contributed by atoms with van der Waals surface area (Å²) in [6.07, 6.45) is 1.60. The van der Waals surface area contributed by atoms with Gasteiger partial charge in [0.2, 0.25) is 11.8 Å². The lowest BCUT2D eigenvalue weighted by Crippen LogP contribution is -2.18. The van der Waals surface area contributed by atoms with Gasteiger partial charge in [0.15, 0.2) is 5.16 Å². The average molecular weight is 515 g/mol. The van der Waals surface area contributed by atoms with Crippen molar-refractivity contribution in [1.82, 2.24) is 14.8 Å². The number of carbonyl (C=O) groups is 2. The number of nitrogens with zero attached hydrogens (tertiary/aromatic N) is 4. The summed E-state index contributed by atoms with van der Waals surface area (Å²) in [6.45, 7) is 7.57. The number of rotatable bonds is 10. The predicted molar refractivity (Wildman–Crippen MR) is 136 cm³/mol. The van der Waals surface area contributed by atoms with Gasteiger partial charge < -0.3 is 15.2 Å². The number of aryl methyl sites for hydroxylation is 2. The summed E-state index contributed by atoms with van der Waals surface area (Å²) in [5.41, 5.74) is 2.23. The van der Waals surface area contributed by atoms with E-state index >= 15 is 0 Å². The molecule has 0 fully saturated rings. The number of aromatic nitrogens is 3. The maximum Gasteiger partial charge on any atom is 0.274 e. The number of benzene rings is 2. The van der Waals surface area contributed by atoms with Crippen molar-refractivity contribution in [3.05, 3.63) is 81.1 Å². The van der Waals surface area contributed by atoms with Gasteiger partial charge in [-0.1, -0.05) is 41.6 Å². The maximum absolute atomic E-state index is 12.5. The van der Waals surface area contributed by atoms with E-state index in [1.807, 2.05) is 13.0 Å². The zero-order valence-corrected chi connectivity index (χ0v) is 20.7. The van der Waals surface area contributed by atoms with Crippen LogP contribution in [0, 0.1) is 24.0 Å². The largest absolute Gasteiger partial charge is 0.326 e. The van der Waals surface area contributed by atoms with Gasteiger partial charge in [0.25, 0.3) is 5.69 Å². The summed E-state index contributed by atoms with van der Waals surface area (Å²) in [6, 6.07) is 9.73. The number of amides is 2. The van der Waals surface area contributed by atoms with Crippen LogP contribution in [0.4, 0.5) is 17.1 Å². The molecule has 0 aliphatic carbocycles. The Labute approximate surface area is 210 Å². The Morgan fingerprint density at radius 1 is 1.11 bits per heavy atom. The van der Waals surface area contributed by atoms with Gasteiger partial charge in [-0.15, -0.1) is 16.8 Å². The molecule has 0 atom stereocenters. The van der Waals surface area contributed by atoms with E-state index in [-0.39, 0.29) is 29.7 Å². The van der Waals surface area contributed by atoms with Crippen LogP contribution in [0.1, 0.15) is 17.0 Å². The van der Waals surface area contributed by atoms with Gasteiger partial charge >= 0.3 is 0 Å². The molecule has 0 aliphatic heterocycles. The Kier molecular flexibility index (Phi) is 8.61. The van der Waals surface area contributed by atoms with Crippen LogP contribution in [-0.2, 0) is 22.6 Å². The number of hydrogen-bond acceptors (Lipinski definition) is 7. The number of allylic oxidation sites excluding steroid dienone is 1. The van der Waals surface area contributed by atoms with E-state index in [2.05, 4.69) is 27.4 Å². The smallest absolute Gasteiger partial charge is 0.274 e. The zero-order valence-electron chi connectivity index (χ0n) is 19.1. The third-order valence-electron chi connectivity index (χ3n) is 4.90. The van der Waals surface area contributed by atoms with Crippen molar-refractivity contribution in [2.75, 3.05) is 16.4 Å². The molecule has 0 saturated carbocycles. The summed E-state index contributed by atoms with van der Waals surface area (Å²) in [5, 5.41) is 25.7. The summed E-state index contributed by atoms with van der Waals surface area (Å²) >= 11 is 7.24. The fourth-order valence-electron chi connectivity index (χ4n) is 3.10. The van der Waals surface area contributed by atoms with Crippen LogP contribution in [0.2, 0.25) is 5.02 Å². The molecule has 2 amide bonds. The van der Waals surface area contributed by atoms with E-state index in [0.29, 0.717) is 39.5 Å². The molecular weight excluding hydrogens is 492 g/mol. The number of thioether (sulfide) groups is 1. The summed E-state index contributed by atoms with van der Waals surface area (Å²) in [5.74, 6) is -0.252. The van der Waals surface area contributed by atoms with Crippen LogP contribution < -0.4 is 10.6 Å². The van der Waals surface area contributed by atoms with Crippen LogP contribution in [0.3, 0.4) is 0 Å². The van der Waals surface area contributed by atoms with Crippen LogP contribution in [0.5, 0.6) is 0 Å². The molecule has 10 nitrogen and oxygen atoms in total. The molecule has 3 aromatic rings. The van der Waals surface area contributed by atoms with Crippen molar-refractivity contribution >= 4 is 52.2 Å². The van der Waals surface area contributed by atoms with E-state index in [1.54, 1.807) is 41.8 Å². The molecule has 3 rings (SSSR count). The SMILES string of the molecule is C=CCn1c(CC(=O)Nc2ccc(C)c(Cl)c2)nnc1SCC(=O)Nc1ccc(C)c([N+](=O)[O-])c1. The molecule has 1 heterocycles. The highest BCUT2D eigenvalue weighted by molar-refractivity contribution is 7.99. The second kappa shape index (κ2) is 11.6. The third kappa shape index (κ3) is 6.90. The molecule has 0 radical (unpaired) electrons. The van der Waals surface area contributed by atoms with Crippen molar-refractivity contribution in [3.63, 3.8) is 0 Å². The molecule has 0 aliphatic rings. The lowest BCUT2D eigenvalue weighted by atomic mass is 10.2. The predicted octanol–water partition coefficient (Wildman–Crippen LogP) is 4.55. The fourth-order valence-corrected chi connectivity index (χ4v) is 4.05. The van der Waals surface area contributed by atoms with Crippen LogP contribution in [0.15, 0.2) is 54.2 Å². The van der Waals surface area contributed by atoms with E-state index < -0.39 is 4.92 Å². The summed E-state index contributed by atoms with van der Waals surface area (Å²) in [4.78, 5) is 35.5. The van der Waals surface area contributed by atoms with E-state index in [1.165, 1.54) is 6.07 Å². The standard InChI is InChI=1S/C23H23ClN6O4S/c1-4-9-29-20(12-21(31)25-16-7-5-14(2)18(24)10-16)27-28-23(29)35-13-22(32)26-17-8-6-15(3)19(11-17)30(33)34/h4-8,10-11H,1,9,12-13H2,2-3H3,(H,25,31)(H,26,32). The van der Waals surface area contributed by atoms with Gasteiger partial charge in [-0.2, -0.15) is 0 Å². The Hall–Kier alpha value is -3.70. The number of nitrogens with one attached hydrogen (secondary N) is 2. The first-order chi connectivity index (χ1) is 16.7. The van der Waals surface area contributed by atoms with Gasteiger partial charge in [0, 0.05) is 34.6 Å². The third-order valence-corrected chi connectivity index (χ3v) is 6.28. The number of carbonyl (C=O) groups excluding carboxylic acids is 2. The molecule has 12 heteroatoms. The molecule has 1 aromatic heterocycles. The highest BCUT2D eigenvalue weighted by Gasteiger charge is 2.17. The number of nitro benzene ring substituents is 1. The molecule has 2 N–H and O–H groups in total. The van der Waals surface area contributed by atoms with Crippen LogP contribution in [0.25, 0.3) is 0 Å². The van der Waals surface area contributed by atoms with Crippen molar-refractivity contribution in [3.8, 4) is 0 Å². The van der Waals surface area contributed by atoms with E-state index in [9.17, 15) is 19.7 Å². The molecule has 35 heavy (non-hydrogen) atoms. The van der Waals surface area contributed by atoms with Crippen molar-refractivity contribution in [1.29, 1.82) is 0 Å². The normalized spacial score (nSPS) is 10.6. The van der Waals surface area contributed by atoms with Gasteiger partial charge in [-0.3, -0.25) is 19.7 Å². The van der Waals surface area contributed by atoms with Gasteiger partial charge in [0.05, 0.1) is 17.1 Å².